The first kappa shape index (κ1) is 15.8. The summed E-state index contributed by atoms with van der Waals surface area (Å²) in [5.41, 5.74) is 1.84. The summed E-state index contributed by atoms with van der Waals surface area (Å²) in [7, 11) is 0. The van der Waals surface area contributed by atoms with E-state index in [0.717, 1.165) is 23.6 Å². The van der Waals surface area contributed by atoms with E-state index < -0.39 is 6.10 Å². The van der Waals surface area contributed by atoms with E-state index in [1.54, 1.807) is 0 Å². The Hall–Kier alpha value is -1.06. The Kier molecular flexibility index (Phi) is 5.04. The summed E-state index contributed by atoms with van der Waals surface area (Å²) >= 11 is 12.0. The number of hydrogen-bond acceptors (Lipinski definition) is 2. The number of benzene rings is 2. The number of aliphatic hydroxyl groups excluding tert-OH is 1. The van der Waals surface area contributed by atoms with Crippen molar-refractivity contribution in [2.45, 2.75) is 25.0 Å². The second kappa shape index (κ2) is 7.01. The molecule has 1 aliphatic carbocycles. The molecule has 0 spiro atoms. The first-order chi connectivity index (χ1) is 10.6. The third-order valence-electron chi connectivity index (χ3n) is 4.06. The molecule has 0 amide bonds. The van der Waals surface area contributed by atoms with Crippen LogP contribution >= 0.6 is 23.2 Å². The first-order valence-electron chi connectivity index (χ1n) is 7.56. The van der Waals surface area contributed by atoms with Crippen molar-refractivity contribution in [2.75, 3.05) is 6.54 Å². The van der Waals surface area contributed by atoms with E-state index in [2.05, 4.69) is 5.32 Å². The molecule has 116 valence electrons. The second-order valence-corrected chi connectivity index (χ2v) is 6.75. The van der Waals surface area contributed by atoms with Crippen molar-refractivity contribution in [1.82, 2.24) is 5.32 Å². The molecule has 1 saturated carbocycles. The predicted molar refractivity (Wildman–Crippen MR) is 91.3 cm³/mol. The van der Waals surface area contributed by atoms with Crippen molar-refractivity contribution in [2.24, 2.45) is 5.92 Å². The van der Waals surface area contributed by atoms with Gasteiger partial charge in [0.2, 0.25) is 0 Å². The SMILES string of the molecule is O[C@H](c1cccc(Cl)c1)[C@H](NCC1CC1)c1ccc(Cl)cc1. The molecule has 1 fully saturated rings. The van der Waals surface area contributed by atoms with Crippen molar-refractivity contribution in [3.8, 4) is 0 Å². The Morgan fingerprint density at radius 2 is 1.73 bits per heavy atom. The van der Waals surface area contributed by atoms with Gasteiger partial charge in [0, 0.05) is 10.0 Å². The third kappa shape index (κ3) is 4.02. The Balaban J connectivity index is 1.84. The van der Waals surface area contributed by atoms with Gasteiger partial charge in [0.05, 0.1) is 12.1 Å². The normalized spacial score (nSPS) is 17.2. The number of hydrogen-bond donors (Lipinski definition) is 2. The van der Waals surface area contributed by atoms with Gasteiger partial charge in [-0.15, -0.1) is 0 Å². The van der Waals surface area contributed by atoms with Gasteiger partial charge in [-0.05, 0) is 60.7 Å². The zero-order valence-electron chi connectivity index (χ0n) is 12.2. The fourth-order valence-corrected chi connectivity index (χ4v) is 2.91. The van der Waals surface area contributed by atoms with Gasteiger partial charge in [0.15, 0.2) is 0 Å². The van der Waals surface area contributed by atoms with Crippen LogP contribution in [0, 0.1) is 5.92 Å². The molecule has 0 bridgehead atoms. The lowest BCUT2D eigenvalue weighted by atomic mass is 9.95. The Morgan fingerprint density at radius 1 is 1.00 bits per heavy atom. The molecule has 4 heteroatoms. The van der Waals surface area contributed by atoms with Crippen LogP contribution in [0.15, 0.2) is 48.5 Å². The predicted octanol–water partition coefficient (Wildman–Crippen LogP) is 4.77. The highest BCUT2D eigenvalue weighted by Gasteiger charge is 2.27. The van der Waals surface area contributed by atoms with Crippen LogP contribution < -0.4 is 5.32 Å². The number of halogens is 2. The van der Waals surface area contributed by atoms with E-state index >= 15 is 0 Å². The zero-order chi connectivity index (χ0) is 15.5. The third-order valence-corrected chi connectivity index (χ3v) is 4.55. The highest BCUT2D eigenvalue weighted by molar-refractivity contribution is 6.30. The lowest BCUT2D eigenvalue weighted by Gasteiger charge is -2.25. The fraction of sp³-hybridized carbons (Fsp3) is 0.333. The van der Waals surface area contributed by atoms with Crippen molar-refractivity contribution in [3.63, 3.8) is 0 Å². The van der Waals surface area contributed by atoms with Gasteiger partial charge in [0.25, 0.3) is 0 Å². The molecule has 22 heavy (non-hydrogen) atoms. The van der Waals surface area contributed by atoms with Crippen molar-refractivity contribution in [1.29, 1.82) is 0 Å². The minimum atomic E-state index is -0.654. The summed E-state index contributed by atoms with van der Waals surface area (Å²) < 4.78 is 0. The molecular formula is C18H19Cl2NO. The smallest absolute Gasteiger partial charge is 0.0985 e. The van der Waals surface area contributed by atoms with Crippen LogP contribution in [0.2, 0.25) is 10.0 Å². The first-order valence-corrected chi connectivity index (χ1v) is 8.31. The van der Waals surface area contributed by atoms with Gasteiger partial charge in [-0.25, -0.2) is 0 Å². The van der Waals surface area contributed by atoms with Gasteiger partial charge in [-0.3, -0.25) is 0 Å². The van der Waals surface area contributed by atoms with Gasteiger partial charge >= 0.3 is 0 Å². The largest absolute Gasteiger partial charge is 0.386 e. The topological polar surface area (TPSA) is 32.3 Å². The molecule has 0 aliphatic heterocycles. The molecule has 0 heterocycles. The quantitative estimate of drug-likeness (QED) is 0.797. The molecule has 1 aliphatic rings. The highest BCUT2D eigenvalue weighted by Crippen LogP contribution is 2.33. The summed E-state index contributed by atoms with van der Waals surface area (Å²) in [4.78, 5) is 0. The van der Waals surface area contributed by atoms with Crippen LogP contribution in [0.1, 0.15) is 36.1 Å². The molecule has 0 aromatic heterocycles. The highest BCUT2D eigenvalue weighted by atomic mass is 35.5. The maximum Gasteiger partial charge on any atom is 0.0985 e. The number of aliphatic hydroxyl groups is 1. The molecule has 2 aromatic rings. The summed E-state index contributed by atoms with van der Waals surface area (Å²) in [6.45, 7) is 0.922. The van der Waals surface area contributed by atoms with E-state index in [1.807, 2.05) is 48.5 Å². The van der Waals surface area contributed by atoms with Crippen molar-refractivity contribution >= 4 is 23.2 Å². The maximum absolute atomic E-state index is 10.8. The maximum atomic E-state index is 10.8. The Labute approximate surface area is 141 Å². The minimum Gasteiger partial charge on any atom is -0.386 e. The fourth-order valence-electron chi connectivity index (χ4n) is 2.58. The van der Waals surface area contributed by atoms with Gasteiger partial charge in [0.1, 0.15) is 0 Å². The summed E-state index contributed by atoms with van der Waals surface area (Å²) in [5, 5.41) is 15.6. The molecular weight excluding hydrogens is 317 g/mol. The van der Waals surface area contributed by atoms with E-state index in [0.29, 0.717) is 10.0 Å². The van der Waals surface area contributed by atoms with Crippen LogP contribution in [0.25, 0.3) is 0 Å². The Morgan fingerprint density at radius 3 is 2.36 bits per heavy atom. The minimum absolute atomic E-state index is 0.170. The standard InChI is InChI=1S/C18H19Cl2NO/c19-15-8-6-13(7-9-15)17(21-11-12-4-5-12)18(22)14-2-1-3-16(20)10-14/h1-3,6-10,12,17-18,21-22H,4-5,11H2/t17-,18-/m1/s1. The van der Waals surface area contributed by atoms with Gasteiger partial charge in [-0.2, -0.15) is 0 Å². The van der Waals surface area contributed by atoms with Crippen LogP contribution in [-0.4, -0.2) is 11.7 Å². The van der Waals surface area contributed by atoms with E-state index in [-0.39, 0.29) is 6.04 Å². The van der Waals surface area contributed by atoms with Crippen molar-refractivity contribution in [3.05, 3.63) is 69.7 Å². The molecule has 2 atom stereocenters. The summed E-state index contributed by atoms with van der Waals surface area (Å²) in [5.74, 6) is 0.737. The lowest BCUT2D eigenvalue weighted by Crippen LogP contribution is -2.29. The van der Waals surface area contributed by atoms with Crippen LogP contribution in [-0.2, 0) is 0 Å². The lowest BCUT2D eigenvalue weighted by molar-refractivity contribution is 0.128. The van der Waals surface area contributed by atoms with E-state index in [1.165, 1.54) is 12.8 Å². The van der Waals surface area contributed by atoms with Crippen LogP contribution in [0.4, 0.5) is 0 Å². The molecule has 3 rings (SSSR count). The number of rotatable bonds is 6. The molecule has 0 saturated heterocycles. The summed E-state index contributed by atoms with van der Waals surface area (Å²) in [6.07, 6.45) is 1.89. The molecule has 2 nitrogen and oxygen atoms in total. The van der Waals surface area contributed by atoms with E-state index in [4.69, 9.17) is 23.2 Å². The Bertz CT molecular complexity index is 625. The zero-order valence-corrected chi connectivity index (χ0v) is 13.7. The van der Waals surface area contributed by atoms with Gasteiger partial charge < -0.3 is 10.4 Å². The van der Waals surface area contributed by atoms with Crippen molar-refractivity contribution < 1.29 is 5.11 Å². The monoisotopic (exact) mass is 335 g/mol. The van der Waals surface area contributed by atoms with Gasteiger partial charge in [-0.1, -0.05) is 47.5 Å². The average molecular weight is 336 g/mol. The summed E-state index contributed by atoms with van der Waals surface area (Å²) in [6, 6.07) is 14.8. The second-order valence-electron chi connectivity index (χ2n) is 5.88. The molecule has 0 unspecified atom stereocenters. The van der Waals surface area contributed by atoms with E-state index in [9.17, 15) is 5.11 Å². The molecule has 2 aromatic carbocycles. The van der Waals surface area contributed by atoms with Crippen LogP contribution in [0.5, 0.6) is 0 Å². The molecule has 0 radical (unpaired) electrons. The average Bonchev–Trinajstić information content (AvgIpc) is 3.33. The molecule has 2 N–H and O–H groups in total. The van der Waals surface area contributed by atoms with Crippen LogP contribution in [0.3, 0.4) is 0 Å². The number of nitrogens with one attached hydrogen (secondary N) is 1.